The molecule has 1 aromatic heterocycles. The normalized spacial score (nSPS) is 10.8. The molecule has 6 heteroatoms. The van der Waals surface area contributed by atoms with Crippen LogP contribution in [0, 0.1) is 9.39 Å². The fourth-order valence-electron chi connectivity index (χ4n) is 1.70. The molecule has 100 valence electrons. The lowest BCUT2D eigenvalue weighted by atomic mass is 10.1. The molecule has 0 amide bonds. The third-order valence-corrected chi connectivity index (χ3v) is 3.79. The summed E-state index contributed by atoms with van der Waals surface area (Å²) in [6.45, 7) is 4.04. The summed E-state index contributed by atoms with van der Waals surface area (Å²) < 4.78 is 13.9. The fourth-order valence-corrected chi connectivity index (χ4v) is 2.67. The van der Waals surface area contributed by atoms with E-state index in [9.17, 15) is 4.39 Å². The average molecular weight is 392 g/mol. The van der Waals surface area contributed by atoms with E-state index in [2.05, 4.69) is 37.9 Å². The third kappa shape index (κ3) is 3.33. The van der Waals surface area contributed by atoms with Crippen LogP contribution in [0.4, 0.5) is 15.9 Å². The minimum Gasteiger partial charge on any atom is -0.339 e. The van der Waals surface area contributed by atoms with Crippen LogP contribution in [-0.2, 0) is 0 Å². The van der Waals surface area contributed by atoms with Crippen LogP contribution in [0.15, 0.2) is 24.5 Å². The summed E-state index contributed by atoms with van der Waals surface area (Å²) >= 11 is 8.17. The molecule has 0 aliphatic heterocycles. The van der Waals surface area contributed by atoms with Gasteiger partial charge in [0.2, 0.25) is 0 Å². The first kappa shape index (κ1) is 14.5. The van der Waals surface area contributed by atoms with Crippen molar-refractivity contribution >= 4 is 45.7 Å². The zero-order valence-electron chi connectivity index (χ0n) is 10.4. The van der Waals surface area contributed by atoms with Gasteiger partial charge in [0.25, 0.3) is 0 Å². The Kier molecular flexibility index (Phi) is 4.57. The molecule has 0 aliphatic carbocycles. The maximum atomic E-state index is 13.1. The maximum Gasteiger partial charge on any atom is 0.138 e. The van der Waals surface area contributed by atoms with Gasteiger partial charge in [-0.05, 0) is 46.7 Å². The number of aromatic nitrogens is 2. The highest BCUT2D eigenvalue weighted by atomic mass is 127. The second-order valence-electron chi connectivity index (χ2n) is 4.33. The van der Waals surface area contributed by atoms with Gasteiger partial charge < -0.3 is 5.32 Å². The molecule has 0 atom stereocenters. The van der Waals surface area contributed by atoms with Gasteiger partial charge in [-0.1, -0.05) is 25.4 Å². The molecule has 2 aromatic rings. The fraction of sp³-hybridized carbons (Fsp3) is 0.231. The number of anilines is 2. The molecule has 19 heavy (non-hydrogen) atoms. The molecule has 0 spiro atoms. The van der Waals surface area contributed by atoms with Crippen LogP contribution in [0.25, 0.3) is 0 Å². The van der Waals surface area contributed by atoms with Crippen LogP contribution in [0.5, 0.6) is 0 Å². The molecule has 0 bridgehead atoms. The summed E-state index contributed by atoms with van der Waals surface area (Å²) in [4.78, 5) is 8.21. The van der Waals surface area contributed by atoms with E-state index in [0.29, 0.717) is 11.0 Å². The lowest BCUT2D eigenvalue weighted by Crippen LogP contribution is -2.04. The quantitative estimate of drug-likeness (QED) is 0.606. The van der Waals surface area contributed by atoms with Crippen LogP contribution < -0.4 is 5.32 Å². The SMILES string of the molecule is CC(C)c1c(Cl)ncnc1Nc1ccc(F)cc1I. The van der Waals surface area contributed by atoms with Crippen molar-refractivity contribution in [3.05, 3.63) is 44.6 Å². The molecule has 1 aromatic carbocycles. The van der Waals surface area contributed by atoms with E-state index in [4.69, 9.17) is 11.6 Å². The van der Waals surface area contributed by atoms with Crippen molar-refractivity contribution in [1.82, 2.24) is 9.97 Å². The Balaban J connectivity index is 2.41. The number of nitrogens with one attached hydrogen (secondary N) is 1. The largest absolute Gasteiger partial charge is 0.339 e. The Hall–Kier alpha value is -0.950. The predicted octanol–water partition coefficient (Wildman–Crippen LogP) is 4.74. The summed E-state index contributed by atoms with van der Waals surface area (Å²) in [7, 11) is 0. The second kappa shape index (κ2) is 6.00. The van der Waals surface area contributed by atoms with E-state index in [-0.39, 0.29) is 11.7 Å². The van der Waals surface area contributed by atoms with Crippen molar-refractivity contribution in [3.63, 3.8) is 0 Å². The van der Waals surface area contributed by atoms with E-state index in [1.165, 1.54) is 18.5 Å². The molecule has 1 heterocycles. The van der Waals surface area contributed by atoms with Crippen LogP contribution in [0.3, 0.4) is 0 Å². The molecule has 1 N–H and O–H groups in total. The summed E-state index contributed by atoms with van der Waals surface area (Å²) in [5.74, 6) is 0.577. The zero-order valence-corrected chi connectivity index (χ0v) is 13.3. The van der Waals surface area contributed by atoms with Crippen molar-refractivity contribution in [1.29, 1.82) is 0 Å². The first-order chi connectivity index (χ1) is 8.99. The van der Waals surface area contributed by atoms with Gasteiger partial charge in [-0.15, -0.1) is 0 Å². The summed E-state index contributed by atoms with van der Waals surface area (Å²) in [6, 6.07) is 4.54. The highest BCUT2D eigenvalue weighted by molar-refractivity contribution is 14.1. The summed E-state index contributed by atoms with van der Waals surface area (Å²) in [6.07, 6.45) is 1.41. The van der Waals surface area contributed by atoms with Gasteiger partial charge in [0.1, 0.15) is 23.1 Å². The molecule has 2 rings (SSSR count). The minimum absolute atomic E-state index is 0.189. The number of nitrogens with zero attached hydrogens (tertiary/aromatic N) is 2. The van der Waals surface area contributed by atoms with Gasteiger partial charge in [-0.25, -0.2) is 14.4 Å². The number of halogens is 3. The minimum atomic E-state index is -0.264. The number of hydrogen-bond acceptors (Lipinski definition) is 3. The van der Waals surface area contributed by atoms with E-state index >= 15 is 0 Å². The van der Waals surface area contributed by atoms with Gasteiger partial charge in [0.05, 0.1) is 5.69 Å². The Morgan fingerprint density at radius 2 is 2.05 bits per heavy atom. The smallest absolute Gasteiger partial charge is 0.138 e. The van der Waals surface area contributed by atoms with E-state index in [1.54, 1.807) is 6.07 Å². The van der Waals surface area contributed by atoms with Gasteiger partial charge in [0, 0.05) is 9.13 Å². The highest BCUT2D eigenvalue weighted by Crippen LogP contribution is 2.31. The molecule has 0 saturated carbocycles. The van der Waals surface area contributed by atoms with Crippen LogP contribution in [0.1, 0.15) is 25.3 Å². The van der Waals surface area contributed by atoms with Gasteiger partial charge >= 0.3 is 0 Å². The molecular weight excluding hydrogens is 380 g/mol. The predicted molar refractivity (Wildman–Crippen MR) is 83.5 cm³/mol. The Morgan fingerprint density at radius 1 is 1.32 bits per heavy atom. The van der Waals surface area contributed by atoms with E-state index < -0.39 is 0 Å². The van der Waals surface area contributed by atoms with Gasteiger partial charge in [-0.2, -0.15) is 0 Å². The van der Waals surface area contributed by atoms with E-state index in [1.807, 2.05) is 13.8 Å². The van der Waals surface area contributed by atoms with Crippen LogP contribution in [-0.4, -0.2) is 9.97 Å². The summed E-state index contributed by atoms with van der Waals surface area (Å²) in [5.41, 5.74) is 1.64. The number of hydrogen-bond donors (Lipinski definition) is 1. The Bertz CT molecular complexity index is 604. The first-order valence-electron chi connectivity index (χ1n) is 5.71. The first-order valence-corrected chi connectivity index (χ1v) is 7.17. The lowest BCUT2D eigenvalue weighted by molar-refractivity contribution is 0.627. The Labute approximate surface area is 129 Å². The van der Waals surface area contributed by atoms with Crippen LogP contribution >= 0.6 is 34.2 Å². The lowest BCUT2D eigenvalue weighted by Gasteiger charge is -2.15. The average Bonchev–Trinajstić information content (AvgIpc) is 2.32. The van der Waals surface area contributed by atoms with Crippen molar-refractivity contribution in [2.24, 2.45) is 0 Å². The standard InChI is InChI=1S/C13H12ClFIN3/c1-7(2)11-12(14)17-6-18-13(11)19-10-4-3-8(15)5-9(10)16/h3-7H,1-2H3,(H,17,18,19). The molecular formula is C13H12ClFIN3. The highest BCUT2D eigenvalue weighted by Gasteiger charge is 2.14. The van der Waals surface area contributed by atoms with Crippen molar-refractivity contribution in [2.75, 3.05) is 5.32 Å². The number of rotatable bonds is 3. The zero-order chi connectivity index (χ0) is 14.0. The van der Waals surface area contributed by atoms with Crippen LogP contribution in [0.2, 0.25) is 5.15 Å². The monoisotopic (exact) mass is 391 g/mol. The maximum absolute atomic E-state index is 13.1. The molecule has 3 nitrogen and oxygen atoms in total. The summed E-state index contributed by atoms with van der Waals surface area (Å²) in [5, 5.41) is 3.62. The molecule has 0 aliphatic rings. The van der Waals surface area contributed by atoms with Crippen molar-refractivity contribution < 1.29 is 4.39 Å². The van der Waals surface area contributed by atoms with Gasteiger partial charge in [0.15, 0.2) is 0 Å². The van der Waals surface area contributed by atoms with Crippen molar-refractivity contribution in [2.45, 2.75) is 19.8 Å². The molecule has 0 saturated heterocycles. The molecule has 0 unspecified atom stereocenters. The van der Waals surface area contributed by atoms with Crippen molar-refractivity contribution in [3.8, 4) is 0 Å². The molecule has 0 fully saturated rings. The topological polar surface area (TPSA) is 37.8 Å². The second-order valence-corrected chi connectivity index (χ2v) is 5.85. The molecule has 0 radical (unpaired) electrons. The Morgan fingerprint density at radius 3 is 2.68 bits per heavy atom. The van der Waals surface area contributed by atoms with E-state index in [0.717, 1.165) is 14.8 Å². The third-order valence-electron chi connectivity index (χ3n) is 2.60. The van der Waals surface area contributed by atoms with Gasteiger partial charge in [-0.3, -0.25) is 0 Å². The number of benzene rings is 1.